The zero-order valence-electron chi connectivity index (χ0n) is 17.7. The highest BCUT2D eigenvalue weighted by Gasteiger charge is 2.23. The van der Waals surface area contributed by atoms with E-state index in [4.69, 9.17) is 0 Å². The van der Waals surface area contributed by atoms with Crippen molar-refractivity contribution in [2.75, 3.05) is 36.8 Å². The number of benzene rings is 2. The van der Waals surface area contributed by atoms with E-state index >= 15 is 0 Å². The van der Waals surface area contributed by atoms with Crippen molar-refractivity contribution in [2.24, 2.45) is 0 Å². The fraction of sp³-hybridized carbons (Fsp3) is 0.364. The van der Waals surface area contributed by atoms with Crippen molar-refractivity contribution in [1.82, 2.24) is 9.88 Å². The normalized spacial score (nSPS) is 11.0. The minimum atomic E-state index is -0.718. The lowest BCUT2D eigenvalue weighted by Gasteiger charge is -2.24. The van der Waals surface area contributed by atoms with E-state index in [1.54, 1.807) is 28.8 Å². The molecule has 1 amide bonds. The summed E-state index contributed by atoms with van der Waals surface area (Å²) in [6.07, 6.45) is 0. The maximum absolute atomic E-state index is 14.2. The maximum Gasteiger partial charge on any atom is 0.260 e. The third-order valence-electron chi connectivity index (χ3n) is 4.82. The highest BCUT2D eigenvalue weighted by Crippen LogP contribution is 2.32. The summed E-state index contributed by atoms with van der Waals surface area (Å²) in [6.45, 7) is 9.01. The predicted molar refractivity (Wildman–Crippen MR) is 129 cm³/mol. The molecule has 3 rings (SSSR count). The van der Waals surface area contributed by atoms with Crippen LogP contribution in [0, 0.1) is 11.6 Å². The van der Waals surface area contributed by atoms with Gasteiger partial charge in [0.1, 0.15) is 11.3 Å². The van der Waals surface area contributed by atoms with Crippen LogP contribution in [0.3, 0.4) is 0 Å². The average Bonchev–Trinajstić information content (AvgIpc) is 3.16. The number of thioether (sulfide) groups is 1. The Kier molecular flexibility index (Phi) is 9.68. The Labute approximate surface area is 196 Å². The monoisotopic (exact) mass is 485 g/mol. The molecule has 4 nitrogen and oxygen atoms in total. The van der Waals surface area contributed by atoms with Crippen LogP contribution in [-0.4, -0.2) is 47.7 Å². The lowest BCUT2D eigenvalue weighted by molar-refractivity contribution is 0.0983. The van der Waals surface area contributed by atoms with Crippen molar-refractivity contribution >= 4 is 56.8 Å². The number of nitrogens with zero attached hydrogens (tertiary/aromatic N) is 3. The van der Waals surface area contributed by atoms with E-state index in [-0.39, 0.29) is 23.8 Å². The predicted octanol–water partition coefficient (Wildman–Crippen LogP) is 6.10. The van der Waals surface area contributed by atoms with Crippen molar-refractivity contribution < 1.29 is 13.6 Å². The number of carbonyl (C=O) groups excluding carboxylic acids is 1. The summed E-state index contributed by atoms with van der Waals surface area (Å²) < 4.78 is 28.2. The Morgan fingerprint density at radius 3 is 2.35 bits per heavy atom. The van der Waals surface area contributed by atoms with Crippen molar-refractivity contribution in [2.45, 2.75) is 25.7 Å². The Morgan fingerprint density at radius 2 is 1.74 bits per heavy atom. The van der Waals surface area contributed by atoms with Gasteiger partial charge in [-0.25, -0.2) is 13.8 Å². The van der Waals surface area contributed by atoms with Gasteiger partial charge < -0.3 is 4.90 Å². The molecule has 0 radical (unpaired) electrons. The minimum absolute atomic E-state index is 0. The Balaban J connectivity index is 0.00000341. The Bertz CT molecular complexity index is 1010. The van der Waals surface area contributed by atoms with Crippen LogP contribution in [0.15, 0.2) is 41.3 Å². The molecule has 0 aliphatic heterocycles. The molecule has 0 saturated heterocycles. The molecule has 0 bridgehead atoms. The van der Waals surface area contributed by atoms with Crippen molar-refractivity contribution in [3.63, 3.8) is 0 Å². The van der Waals surface area contributed by atoms with Crippen LogP contribution < -0.4 is 4.90 Å². The Morgan fingerprint density at radius 1 is 1.06 bits per heavy atom. The molecule has 0 aliphatic rings. The van der Waals surface area contributed by atoms with E-state index in [2.05, 4.69) is 30.7 Å². The molecule has 2 aromatic carbocycles. The second-order valence-corrected chi connectivity index (χ2v) is 9.02. The zero-order valence-corrected chi connectivity index (χ0v) is 20.2. The van der Waals surface area contributed by atoms with Gasteiger partial charge in [-0.3, -0.25) is 9.69 Å². The third kappa shape index (κ3) is 6.16. The van der Waals surface area contributed by atoms with Crippen LogP contribution in [0.2, 0.25) is 0 Å². The van der Waals surface area contributed by atoms with Crippen LogP contribution >= 0.6 is 35.5 Å². The topological polar surface area (TPSA) is 36.4 Å². The summed E-state index contributed by atoms with van der Waals surface area (Å²) in [5, 5.41) is 0.374. The quantitative estimate of drug-likeness (QED) is 0.343. The number of aromatic nitrogens is 1. The average molecular weight is 486 g/mol. The molecule has 0 N–H and O–H groups in total. The number of fused-ring (bicyclic) bond motifs is 1. The molecule has 31 heavy (non-hydrogen) atoms. The second-order valence-electron chi connectivity index (χ2n) is 6.67. The number of hydrogen-bond acceptors (Lipinski definition) is 5. The second kappa shape index (κ2) is 11.8. The first-order valence-electron chi connectivity index (χ1n) is 9.99. The summed E-state index contributed by atoms with van der Waals surface area (Å²) in [5.41, 5.74) is 0.632. The van der Waals surface area contributed by atoms with Crippen LogP contribution in [0.4, 0.5) is 13.9 Å². The molecular formula is C22H26ClF2N3OS2. The number of likely N-dealkylation sites (N-methyl/N-ethyl adjacent to an activating group) is 1. The largest absolute Gasteiger partial charge is 0.302 e. The lowest BCUT2D eigenvalue weighted by Crippen LogP contribution is -2.38. The smallest absolute Gasteiger partial charge is 0.260 e. The van der Waals surface area contributed by atoms with E-state index in [1.165, 1.54) is 6.07 Å². The minimum Gasteiger partial charge on any atom is -0.302 e. The van der Waals surface area contributed by atoms with E-state index < -0.39 is 11.6 Å². The third-order valence-corrected chi connectivity index (χ3v) is 6.74. The van der Waals surface area contributed by atoms with Gasteiger partial charge in [0.15, 0.2) is 10.9 Å². The van der Waals surface area contributed by atoms with Gasteiger partial charge in [-0.1, -0.05) is 32.1 Å². The van der Waals surface area contributed by atoms with Gasteiger partial charge in [0, 0.05) is 29.6 Å². The van der Waals surface area contributed by atoms with Gasteiger partial charge in [0.25, 0.3) is 5.91 Å². The van der Waals surface area contributed by atoms with Crippen molar-refractivity contribution in [3.8, 4) is 0 Å². The fourth-order valence-electron chi connectivity index (χ4n) is 3.14. The van der Waals surface area contributed by atoms with E-state index in [9.17, 15) is 13.6 Å². The van der Waals surface area contributed by atoms with E-state index in [1.807, 2.05) is 12.1 Å². The van der Waals surface area contributed by atoms with Crippen LogP contribution in [0.1, 0.15) is 31.1 Å². The molecule has 0 aliphatic carbocycles. The maximum atomic E-state index is 14.2. The van der Waals surface area contributed by atoms with Gasteiger partial charge in [0.2, 0.25) is 0 Å². The van der Waals surface area contributed by atoms with Gasteiger partial charge >= 0.3 is 0 Å². The first-order chi connectivity index (χ1) is 14.5. The first kappa shape index (κ1) is 25.5. The molecule has 9 heteroatoms. The number of thiazole rings is 1. The molecular weight excluding hydrogens is 460 g/mol. The van der Waals surface area contributed by atoms with Gasteiger partial charge in [-0.15, -0.1) is 24.2 Å². The number of carbonyl (C=O) groups is 1. The molecule has 3 aromatic rings. The number of amides is 1. The van der Waals surface area contributed by atoms with Crippen molar-refractivity contribution in [1.29, 1.82) is 0 Å². The SMILES string of the molecule is CCSc1ccc(C(=O)N(CCN(CC)CC)c2nc3c(F)cc(F)cc3s2)cc1.Cl. The summed E-state index contributed by atoms with van der Waals surface area (Å²) in [4.78, 5) is 22.5. The van der Waals surface area contributed by atoms with Crippen molar-refractivity contribution in [3.05, 3.63) is 53.6 Å². The molecule has 1 heterocycles. The molecule has 0 unspecified atom stereocenters. The van der Waals surface area contributed by atoms with E-state index in [0.29, 0.717) is 28.5 Å². The number of rotatable bonds is 9. The van der Waals surface area contributed by atoms with Gasteiger partial charge in [0.05, 0.1) is 4.70 Å². The zero-order chi connectivity index (χ0) is 21.7. The molecule has 0 fully saturated rings. The summed E-state index contributed by atoms with van der Waals surface area (Å²) in [6, 6.07) is 9.53. The summed E-state index contributed by atoms with van der Waals surface area (Å²) in [7, 11) is 0. The van der Waals surface area contributed by atoms with Gasteiger partial charge in [-0.05, 0) is 49.2 Å². The highest BCUT2D eigenvalue weighted by molar-refractivity contribution is 7.99. The number of hydrogen-bond donors (Lipinski definition) is 0. The molecule has 0 spiro atoms. The Hall–Kier alpha value is -1.74. The molecule has 0 saturated carbocycles. The highest BCUT2D eigenvalue weighted by atomic mass is 35.5. The molecule has 168 valence electrons. The summed E-state index contributed by atoms with van der Waals surface area (Å²) >= 11 is 2.83. The van der Waals surface area contributed by atoms with Crippen LogP contribution in [0.5, 0.6) is 0 Å². The number of halogens is 3. The molecule has 1 aromatic heterocycles. The fourth-order valence-corrected chi connectivity index (χ4v) is 4.83. The van der Waals surface area contributed by atoms with E-state index in [0.717, 1.165) is 41.1 Å². The summed E-state index contributed by atoms with van der Waals surface area (Å²) in [5.74, 6) is -0.614. The van der Waals surface area contributed by atoms with Gasteiger partial charge in [-0.2, -0.15) is 0 Å². The standard InChI is InChI=1S/C22H25F2N3OS2.ClH/c1-4-26(5-2)11-12-27(21(28)15-7-9-17(10-8-15)29-6-3)22-25-20-18(24)13-16(23)14-19(20)30-22;/h7-10,13-14H,4-6,11-12H2,1-3H3;1H. The van der Waals surface area contributed by atoms with Crippen LogP contribution in [0.25, 0.3) is 10.2 Å². The lowest BCUT2D eigenvalue weighted by atomic mass is 10.2. The number of anilines is 1. The van der Waals surface area contributed by atoms with Crippen LogP contribution in [-0.2, 0) is 0 Å². The molecule has 0 atom stereocenters. The first-order valence-corrected chi connectivity index (χ1v) is 11.8.